The molecule has 0 amide bonds. The number of nitrogens with one attached hydrogen (secondary N) is 1. The van der Waals surface area contributed by atoms with E-state index in [0.717, 1.165) is 0 Å². The van der Waals surface area contributed by atoms with E-state index in [1.807, 2.05) is 19.4 Å². The van der Waals surface area contributed by atoms with E-state index in [1.54, 1.807) is 11.3 Å². The van der Waals surface area contributed by atoms with Crippen LogP contribution in [0.1, 0.15) is 22.7 Å². The first-order chi connectivity index (χ1) is 9.31. The van der Waals surface area contributed by atoms with E-state index in [0.29, 0.717) is 0 Å². The third-order valence-electron chi connectivity index (χ3n) is 3.50. The first kappa shape index (κ1) is 12.3. The summed E-state index contributed by atoms with van der Waals surface area (Å²) < 4.78 is 1.33. The Labute approximate surface area is 117 Å². The fourth-order valence-corrected chi connectivity index (χ4v) is 3.47. The molecule has 0 radical (unpaired) electrons. The van der Waals surface area contributed by atoms with Crippen LogP contribution in [-0.2, 0) is 0 Å². The second kappa shape index (κ2) is 5.11. The zero-order chi connectivity index (χ0) is 13.2. The number of aromatic nitrogens is 1. The smallest absolute Gasteiger partial charge is 0.0606 e. The van der Waals surface area contributed by atoms with Crippen molar-refractivity contribution in [2.45, 2.75) is 13.0 Å². The molecule has 0 saturated heterocycles. The summed E-state index contributed by atoms with van der Waals surface area (Å²) in [7, 11) is 2.00. The molecule has 1 atom stereocenters. The molecule has 0 aliphatic heterocycles. The molecule has 19 heavy (non-hydrogen) atoms. The van der Waals surface area contributed by atoms with Crippen LogP contribution < -0.4 is 5.32 Å². The molecule has 2 nitrogen and oxygen atoms in total. The molecule has 2 heterocycles. The van der Waals surface area contributed by atoms with Gasteiger partial charge < -0.3 is 5.32 Å². The molecule has 0 spiro atoms. The molecule has 3 aromatic rings. The minimum Gasteiger partial charge on any atom is -0.309 e. The molecular formula is C16H16N2S. The van der Waals surface area contributed by atoms with Gasteiger partial charge in [-0.05, 0) is 53.6 Å². The van der Waals surface area contributed by atoms with Gasteiger partial charge in [-0.1, -0.05) is 18.2 Å². The Bertz CT molecular complexity index is 703. The highest BCUT2D eigenvalue weighted by Crippen LogP contribution is 2.33. The predicted octanol–water partition coefficient (Wildman–Crippen LogP) is 3.91. The standard InChI is InChI=1S/C16H16N2S/c1-11-7-8-18-9-13(11)16(17-2)14-10-19-15-6-4-3-5-12(14)15/h3-10,16-17H,1-2H3. The van der Waals surface area contributed by atoms with E-state index >= 15 is 0 Å². The van der Waals surface area contributed by atoms with Crippen molar-refractivity contribution in [3.05, 3.63) is 64.8 Å². The molecule has 1 aromatic carbocycles. The number of aryl methyl sites for hydroxylation is 1. The first-order valence-electron chi connectivity index (χ1n) is 6.35. The van der Waals surface area contributed by atoms with Crippen molar-refractivity contribution in [1.82, 2.24) is 10.3 Å². The van der Waals surface area contributed by atoms with Crippen molar-refractivity contribution in [2.24, 2.45) is 0 Å². The van der Waals surface area contributed by atoms with Crippen LogP contribution in [0.5, 0.6) is 0 Å². The number of fused-ring (bicyclic) bond motifs is 1. The molecule has 0 aliphatic carbocycles. The van der Waals surface area contributed by atoms with E-state index in [2.05, 4.69) is 52.9 Å². The number of rotatable bonds is 3. The summed E-state index contributed by atoms with van der Waals surface area (Å²) in [6.45, 7) is 2.13. The van der Waals surface area contributed by atoms with Gasteiger partial charge in [-0.3, -0.25) is 4.98 Å². The van der Waals surface area contributed by atoms with Crippen molar-refractivity contribution in [1.29, 1.82) is 0 Å². The number of hydrogen-bond acceptors (Lipinski definition) is 3. The number of pyridine rings is 1. The average Bonchev–Trinajstić information content (AvgIpc) is 2.86. The largest absolute Gasteiger partial charge is 0.309 e. The molecule has 3 heteroatoms. The molecule has 0 aliphatic rings. The highest BCUT2D eigenvalue weighted by molar-refractivity contribution is 7.17. The molecule has 1 N–H and O–H groups in total. The lowest BCUT2D eigenvalue weighted by atomic mass is 9.96. The Morgan fingerprint density at radius 3 is 2.79 bits per heavy atom. The lowest BCUT2D eigenvalue weighted by Crippen LogP contribution is -2.18. The van der Waals surface area contributed by atoms with E-state index in [4.69, 9.17) is 0 Å². The summed E-state index contributed by atoms with van der Waals surface area (Å²) in [6.07, 6.45) is 3.81. The van der Waals surface area contributed by atoms with Crippen molar-refractivity contribution >= 4 is 21.4 Å². The Kier molecular flexibility index (Phi) is 3.32. The molecule has 1 unspecified atom stereocenters. The van der Waals surface area contributed by atoms with E-state index in [1.165, 1.54) is 26.8 Å². The van der Waals surface area contributed by atoms with Crippen LogP contribution in [0.4, 0.5) is 0 Å². The Morgan fingerprint density at radius 1 is 1.16 bits per heavy atom. The van der Waals surface area contributed by atoms with Gasteiger partial charge in [-0.2, -0.15) is 0 Å². The van der Waals surface area contributed by atoms with Crippen molar-refractivity contribution in [3.63, 3.8) is 0 Å². The van der Waals surface area contributed by atoms with Gasteiger partial charge in [0.05, 0.1) is 6.04 Å². The Hall–Kier alpha value is -1.71. The maximum atomic E-state index is 4.27. The average molecular weight is 268 g/mol. The molecule has 2 aromatic heterocycles. The summed E-state index contributed by atoms with van der Waals surface area (Å²) >= 11 is 1.80. The zero-order valence-corrected chi connectivity index (χ0v) is 11.9. The number of hydrogen-bond donors (Lipinski definition) is 1. The second-order valence-corrected chi connectivity index (χ2v) is 5.55. The van der Waals surface area contributed by atoms with E-state index < -0.39 is 0 Å². The van der Waals surface area contributed by atoms with Gasteiger partial charge in [0.15, 0.2) is 0 Å². The molecular weight excluding hydrogens is 252 g/mol. The van der Waals surface area contributed by atoms with Gasteiger partial charge in [0.2, 0.25) is 0 Å². The van der Waals surface area contributed by atoms with Gasteiger partial charge in [0, 0.05) is 17.1 Å². The van der Waals surface area contributed by atoms with Crippen LogP contribution in [0.2, 0.25) is 0 Å². The Morgan fingerprint density at radius 2 is 2.00 bits per heavy atom. The van der Waals surface area contributed by atoms with Gasteiger partial charge in [-0.15, -0.1) is 11.3 Å². The second-order valence-electron chi connectivity index (χ2n) is 4.64. The fourth-order valence-electron chi connectivity index (χ4n) is 2.48. The van der Waals surface area contributed by atoms with Crippen LogP contribution in [-0.4, -0.2) is 12.0 Å². The fraction of sp³-hybridized carbons (Fsp3) is 0.188. The topological polar surface area (TPSA) is 24.9 Å². The lowest BCUT2D eigenvalue weighted by molar-refractivity contribution is 0.691. The SMILES string of the molecule is CNC(c1cnccc1C)c1csc2ccccc12. The van der Waals surface area contributed by atoms with E-state index in [9.17, 15) is 0 Å². The normalized spacial score (nSPS) is 12.7. The highest BCUT2D eigenvalue weighted by atomic mass is 32.1. The van der Waals surface area contributed by atoms with E-state index in [-0.39, 0.29) is 6.04 Å². The first-order valence-corrected chi connectivity index (χ1v) is 7.23. The summed E-state index contributed by atoms with van der Waals surface area (Å²) in [5, 5.41) is 7.00. The highest BCUT2D eigenvalue weighted by Gasteiger charge is 2.17. The van der Waals surface area contributed by atoms with Crippen LogP contribution >= 0.6 is 11.3 Å². The number of nitrogens with zero attached hydrogens (tertiary/aromatic N) is 1. The zero-order valence-electron chi connectivity index (χ0n) is 11.1. The van der Waals surface area contributed by atoms with Crippen LogP contribution in [0.3, 0.4) is 0 Å². The summed E-state index contributed by atoms with van der Waals surface area (Å²) in [5.74, 6) is 0. The Balaban J connectivity index is 2.15. The number of benzene rings is 1. The minimum absolute atomic E-state index is 0.199. The maximum absolute atomic E-state index is 4.27. The van der Waals surface area contributed by atoms with Crippen molar-refractivity contribution in [2.75, 3.05) is 7.05 Å². The minimum atomic E-state index is 0.199. The predicted molar refractivity (Wildman–Crippen MR) is 81.7 cm³/mol. The van der Waals surface area contributed by atoms with Gasteiger partial charge in [-0.25, -0.2) is 0 Å². The summed E-state index contributed by atoms with van der Waals surface area (Å²) in [4.78, 5) is 4.27. The quantitative estimate of drug-likeness (QED) is 0.779. The molecule has 0 saturated carbocycles. The maximum Gasteiger partial charge on any atom is 0.0606 e. The van der Waals surface area contributed by atoms with Gasteiger partial charge in [0.25, 0.3) is 0 Å². The number of thiophene rings is 1. The molecule has 0 fully saturated rings. The van der Waals surface area contributed by atoms with Crippen molar-refractivity contribution < 1.29 is 0 Å². The summed E-state index contributed by atoms with van der Waals surface area (Å²) in [6, 6.07) is 10.8. The van der Waals surface area contributed by atoms with Crippen LogP contribution in [0, 0.1) is 6.92 Å². The van der Waals surface area contributed by atoms with Gasteiger partial charge >= 0.3 is 0 Å². The molecule has 96 valence electrons. The molecule has 3 rings (SSSR count). The molecule has 0 bridgehead atoms. The van der Waals surface area contributed by atoms with Gasteiger partial charge in [0.1, 0.15) is 0 Å². The third-order valence-corrected chi connectivity index (χ3v) is 4.48. The third kappa shape index (κ3) is 2.15. The monoisotopic (exact) mass is 268 g/mol. The van der Waals surface area contributed by atoms with Crippen molar-refractivity contribution in [3.8, 4) is 0 Å². The van der Waals surface area contributed by atoms with Crippen LogP contribution in [0.15, 0.2) is 48.1 Å². The lowest BCUT2D eigenvalue weighted by Gasteiger charge is -2.18. The summed E-state index contributed by atoms with van der Waals surface area (Å²) in [5.41, 5.74) is 3.84. The van der Waals surface area contributed by atoms with Crippen LogP contribution in [0.25, 0.3) is 10.1 Å².